The summed E-state index contributed by atoms with van der Waals surface area (Å²) in [5.41, 5.74) is 3.86. The molecule has 2 aromatic carbocycles. The van der Waals surface area contributed by atoms with E-state index < -0.39 is 5.97 Å². The Morgan fingerprint density at radius 1 is 1.00 bits per heavy atom. The van der Waals surface area contributed by atoms with Gasteiger partial charge in [0.05, 0.1) is 17.7 Å². The fourth-order valence-corrected chi connectivity index (χ4v) is 3.44. The summed E-state index contributed by atoms with van der Waals surface area (Å²) >= 11 is 0. The third kappa shape index (κ3) is 4.56. The van der Waals surface area contributed by atoms with Crippen molar-refractivity contribution in [2.24, 2.45) is 0 Å². The summed E-state index contributed by atoms with van der Waals surface area (Å²) in [4.78, 5) is 24.6. The van der Waals surface area contributed by atoms with Crippen LogP contribution < -0.4 is 4.74 Å². The minimum atomic E-state index is -0.489. The molecule has 0 atom stereocenters. The Hall–Kier alpha value is -3.87. The second-order valence-electron chi connectivity index (χ2n) is 7.55. The van der Waals surface area contributed by atoms with Crippen LogP contribution in [-0.2, 0) is 22.6 Å². The summed E-state index contributed by atoms with van der Waals surface area (Å²) in [6, 6.07) is 14.5. The lowest BCUT2D eigenvalue weighted by Crippen LogP contribution is -2.15. The molecular weight excluding hydrogens is 410 g/mol. The van der Waals surface area contributed by atoms with E-state index in [9.17, 15) is 9.59 Å². The average Bonchev–Trinajstić information content (AvgIpc) is 3.30. The van der Waals surface area contributed by atoms with Gasteiger partial charge in [0.2, 0.25) is 5.78 Å². The highest BCUT2D eigenvalue weighted by Crippen LogP contribution is 2.25. The Balaban J connectivity index is 1.29. The maximum Gasteiger partial charge on any atom is 0.310 e. The fourth-order valence-electron chi connectivity index (χ4n) is 3.44. The molecule has 0 aliphatic carbocycles. The van der Waals surface area contributed by atoms with Gasteiger partial charge in [0.25, 0.3) is 0 Å². The third-order valence-corrected chi connectivity index (χ3v) is 5.30. The zero-order chi connectivity index (χ0) is 22.7. The smallest absolute Gasteiger partial charge is 0.310 e. The van der Waals surface area contributed by atoms with Gasteiger partial charge in [-0.15, -0.1) is 0 Å². The van der Waals surface area contributed by atoms with Crippen molar-refractivity contribution in [1.82, 2.24) is 5.16 Å². The molecule has 0 aliphatic rings. The monoisotopic (exact) mass is 433 g/mol. The first-order valence-corrected chi connectivity index (χ1v) is 10.2. The number of Topliss-reactive ketones (excluding diaryl/α,β-unsaturated/α-hetero) is 1. The number of hydrogen-bond donors (Lipinski definition) is 0. The summed E-state index contributed by atoms with van der Waals surface area (Å²) in [5, 5.41) is 4.78. The molecule has 0 fully saturated rings. The van der Waals surface area contributed by atoms with E-state index in [1.54, 1.807) is 30.3 Å². The first-order chi connectivity index (χ1) is 15.4. The summed E-state index contributed by atoms with van der Waals surface area (Å²) < 4.78 is 21.7. The Morgan fingerprint density at radius 2 is 1.75 bits per heavy atom. The molecule has 0 unspecified atom stereocenters. The number of nitrogens with zero attached hydrogens (tertiary/aromatic N) is 1. The number of para-hydroxylation sites is 1. The van der Waals surface area contributed by atoms with E-state index in [0.29, 0.717) is 17.9 Å². The number of esters is 1. The lowest BCUT2D eigenvalue weighted by Gasteiger charge is -2.07. The number of rotatable bonds is 8. The first kappa shape index (κ1) is 21.4. The van der Waals surface area contributed by atoms with Crippen molar-refractivity contribution >= 4 is 22.7 Å². The van der Waals surface area contributed by atoms with Gasteiger partial charge in [-0.25, -0.2) is 0 Å². The standard InChI is InChI=1S/C25H23NO6/c1-15-20-6-4-5-7-23(20)31-25(15)22(27)14-30-24(28)12-18-8-10-19(11-9-18)29-13-21-16(2)26-32-17(21)3/h4-11H,12-14H2,1-3H3. The van der Waals surface area contributed by atoms with Crippen molar-refractivity contribution in [2.75, 3.05) is 6.61 Å². The topological polar surface area (TPSA) is 91.8 Å². The molecule has 32 heavy (non-hydrogen) atoms. The van der Waals surface area contributed by atoms with Crippen molar-refractivity contribution in [1.29, 1.82) is 0 Å². The molecule has 4 aromatic rings. The second kappa shape index (κ2) is 9.09. The lowest BCUT2D eigenvalue weighted by molar-refractivity contribution is -0.141. The molecule has 0 radical (unpaired) electrons. The van der Waals surface area contributed by atoms with Crippen LogP contribution in [0, 0.1) is 20.8 Å². The van der Waals surface area contributed by atoms with E-state index in [2.05, 4.69) is 5.16 Å². The van der Waals surface area contributed by atoms with Gasteiger partial charge < -0.3 is 18.4 Å². The summed E-state index contributed by atoms with van der Waals surface area (Å²) in [6.07, 6.45) is 0.0521. The average molecular weight is 433 g/mol. The van der Waals surface area contributed by atoms with Gasteiger partial charge in [0.1, 0.15) is 23.7 Å². The number of benzene rings is 2. The van der Waals surface area contributed by atoms with Crippen LogP contribution in [-0.4, -0.2) is 23.5 Å². The van der Waals surface area contributed by atoms with E-state index in [1.165, 1.54) is 0 Å². The predicted octanol–water partition coefficient (Wildman–Crippen LogP) is 4.89. The van der Waals surface area contributed by atoms with E-state index in [-0.39, 0.29) is 24.6 Å². The van der Waals surface area contributed by atoms with Crippen molar-refractivity contribution in [3.63, 3.8) is 0 Å². The Bertz CT molecular complexity index is 1250. The number of furan rings is 1. The van der Waals surface area contributed by atoms with Crippen molar-refractivity contribution < 1.29 is 28.0 Å². The van der Waals surface area contributed by atoms with Crippen LogP contribution in [0.25, 0.3) is 11.0 Å². The highest BCUT2D eigenvalue weighted by molar-refractivity contribution is 6.01. The minimum absolute atomic E-state index is 0.0521. The van der Waals surface area contributed by atoms with Crippen LogP contribution in [0.2, 0.25) is 0 Å². The highest BCUT2D eigenvalue weighted by Gasteiger charge is 2.19. The van der Waals surface area contributed by atoms with E-state index in [4.69, 9.17) is 18.4 Å². The molecule has 0 spiro atoms. The fraction of sp³-hybridized carbons (Fsp3) is 0.240. The molecule has 2 aromatic heterocycles. The maximum absolute atomic E-state index is 12.5. The second-order valence-corrected chi connectivity index (χ2v) is 7.55. The van der Waals surface area contributed by atoms with Crippen LogP contribution in [0.3, 0.4) is 0 Å². The predicted molar refractivity (Wildman–Crippen MR) is 117 cm³/mol. The molecule has 0 N–H and O–H groups in total. The lowest BCUT2D eigenvalue weighted by atomic mass is 10.1. The number of ketones is 1. The van der Waals surface area contributed by atoms with Crippen molar-refractivity contribution in [3.05, 3.63) is 82.4 Å². The van der Waals surface area contributed by atoms with Gasteiger partial charge in [-0.2, -0.15) is 0 Å². The van der Waals surface area contributed by atoms with Gasteiger partial charge in [-0.05, 0) is 44.5 Å². The molecule has 7 heteroatoms. The zero-order valence-corrected chi connectivity index (χ0v) is 18.1. The zero-order valence-electron chi connectivity index (χ0n) is 18.1. The molecule has 0 bridgehead atoms. The number of fused-ring (bicyclic) bond motifs is 1. The van der Waals surface area contributed by atoms with Crippen LogP contribution in [0.15, 0.2) is 57.5 Å². The van der Waals surface area contributed by atoms with Crippen LogP contribution in [0.1, 0.15) is 38.7 Å². The van der Waals surface area contributed by atoms with E-state index in [0.717, 1.165) is 33.5 Å². The number of aryl methyl sites for hydroxylation is 3. The summed E-state index contributed by atoms with van der Waals surface area (Å²) in [6.45, 7) is 5.51. The highest BCUT2D eigenvalue weighted by atomic mass is 16.5. The molecule has 2 heterocycles. The molecule has 4 rings (SSSR count). The Labute approximate surface area is 184 Å². The molecule has 164 valence electrons. The largest absolute Gasteiger partial charge is 0.489 e. The summed E-state index contributed by atoms with van der Waals surface area (Å²) in [7, 11) is 0. The third-order valence-electron chi connectivity index (χ3n) is 5.30. The minimum Gasteiger partial charge on any atom is -0.489 e. The first-order valence-electron chi connectivity index (χ1n) is 10.2. The van der Waals surface area contributed by atoms with Gasteiger partial charge in [0.15, 0.2) is 12.4 Å². The van der Waals surface area contributed by atoms with Gasteiger partial charge in [-0.3, -0.25) is 9.59 Å². The Kier molecular flexibility index (Phi) is 6.07. The van der Waals surface area contributed by atoms with Gasteiger partial charge in [0, 0.05) is 10.9 Å². The number of aromatic nitrogens is 1. The van der Waals surface area contributed by atoms with Gasteiger partial charge >= 0.3 is 5.97 Å². The van der Waals surface area contributed by atoms with Crippen molar-refractivity contribution in [3.8, 4) is 5.75 Å². The van der Waals surface area contributed by atoms with E-state index in [1.807, 2.05) is 39.0 Å². The Morgan fingerprint density at radius 3 is 2.44 bits per heavy atom. The maximum atomic E-state index is 12.5. The molecule has 0 amide bonds. The normalized spacial score (nSPS) is 11.0. The van der Waals surface area contributed by atoms with Crippen LogP contribution in [0.4, 0.5) is 0 Å². The molecular formula is C25H23NO6. The number of carbonyl (C=O) groups excluding carboxylic acids is 2. The van der Waals surface area contributed by atoms with E-state index >= 15 is 0 Å². The SMILES string of the molecule is Cc1noc(C)c1COc1ccc(CC(=O)OCC(=O)c2oc3ccccc3c2C)cc1. The molecule has 0 saturated carbocycles. The van der Waals surface area contributed by atoms with Crippen LogP contribution >= 0.6 is 0 Å². The molecule has 0 saturated heterocycles. The number of hydrogen-bond acceptors (Lipinski definition) is 7. The van der Waals surface area contributed by atoms with Crippen LogP contribution in [0.5, 0.6) is 5.75 Å². The number of ether oxygens (including phenoxy) is 2. The van der Waals surface area contributed by atoms with Gasteiger partial charge in [-0.1, -0.05) is 35.5 Å². The molecule has 0 aliphatic heterocycles. The number of carbonyl (C=O) groups is 2. The molecule has 7 nitrogen and oxygen atoms in total. The van der Waals surface area contributed by atoms with Crippen molar-refractivity contribution in [2.45, 2.75) is 33.8 Å². The quantitative estimate of drug-likeness (QED) is 0.288. The summed E-state index contributed by atoms with van der Waals surface area (Å²) in [5.74, 6) is 0.761.